The number of aromatic nitrogens is 2. The largest absolute Gasteiger partial charge is 0.477 e. The van der Waals surface area contributed by atoms with Gasteiger partial charge in [0, 0.05) is 11.2 Å². The predicted molar refractivity (Wildman–Crippen MR) is 75.1 cm³/mol. The number of halogens is 1. The van der Waals surface area contributed by atoms with Gasteiger partial charge in [0.2, 0.25) is 5.95 Å². The lowest BCUT2D eigenvalue weighted by atomic mass is 10.1. The lowest BCUT2D eigenvalue weighted by Crippen LogP contribution is -2.12. The van der Waals surface area contributed by atoms with Gasteiger partial charge < -0.3 is 10.4 Å². The first-order valence-corrected chi connectivity index (χ1v) is 6.63. The van der Waals surface area contributed by atoms with Crippen LogP contribution in [-0.2, 0) is 6.42 Å². The molecule has 2 N–H and O–H groups in total. The molecule has 0 saturated heterocycles. The highest BCUT2D eigenvalue weighted by molar-refractivity contribution is 6.31. The number of nitrogens with zero attached hydrogens (tertiary/aromatic N) is 2. The standard InChI is InChI=1S/C14H12ClN3O2/c15-10-3-1-2-9-8(10)4-5-11(9)17-14-16-7-6-12(18-14)13(19)20/h1-3,6-7,11H,4-5H2,(H,19,20)(H,16,17,18)/t11-/m0/s1. The minimum atomic E-state index is -1.06. The predicted octanol–water partition coefficient (Wildman–Crippen LogP) is 2.93. The number of hydrogen-bond donors (Lipinski definition) is 2. The number of hydrogen-bond acceptors (Lipinski definition) is 4. The van der Waals surface area contributed by atoms with Gasteiger partial charge in [0.05, 0.1) is 6.04 Å². The van der Waals surface area contributed by atoms with E-state index in [1.807, 2.05) is 18.2 Å². The summed E-state index contributed by atoms with van der Waals surface area (Å²) in [6, 6.07) is 7.24. The van der Waals surface area contributed by atoms with Crippen LogP contribution in [0.25, 0.3) is 0 Å². The zero-order valence-electron chi connectivity index (χ0n) is 10.5. The Bertz CT molecular complexity index is 675. The summed E-state index contributed by atoms with van der Waals surface area (Å²) in [4.78, 5) is 18.9. The molecule has 0 fully saturated rings. The van der Waals surface area contributed by atoms with Gasteiger partial charge in [-0.05, 0) is 36.1 Å². The fourth-order valence-electron chi connectivity index (χ4n) is 2.46. The van der Waals surface area contributed by atoms with Gasteiger partial charge in [0.15, 0.2) is 5.69 Å². The van der Waals surface area contributed by atoms with E-state index < -0.39 is 5.97 Å². The molecule has 2 aromatic rings. The van der Waals surface area contributed by atoms with E-state index in [1.54, 1.807) is 0 Å². The Labute approximate surface area is 120 Å². The zero-order chi connectivity index (χ0) is 14.1. The minimum Gasteiger partial charge on any atom is -0.477 e. The van der Waals surface area contributed by atoms with Crippen molar-refractivity contribution in [2.75, 3.05) is 5.32 Å². The molecule has 20 heavy (non-hydrogen) atoms. The van der Waals surface area contributed by atoms with Crippen LogP contribution in [-0.4, -0.2) is 21.0 Å². The van der Waals surface area contributed by atoms with E-state index >= 15 is 0 Å². The van der Waals surface area contributed by atoms with Crippen LogP contribution < -0.4 is 5.32 Å². The first-order valence-electron chi connectivity index (χ1n) is 6.25. The summed E-state index contributed by atoms with van der Waals surface area (Å²) in [5.41, 5.74) is 2.25. The van der Waals surface area contributed by atoms with Crippen LogP contribution in [0, 0.1) is 0 Å². The summed E-state index contributed by atoms with van der Waals surface area (Å²) >= 11 is 6.17. The lowest BCUT2D eigenvalue weighted by Gasteiger charge is -2.14. The monoisotopic (exact) mass is 289 g/mol. The molecule has 1 heterocycles. The topological polar surface area (TPSA) is 75.1 Å². The van der Waals surface area contributed by atoms with E-state index in [0.717, 1.165) is 29.0 Å². The van der Waals surface area contributed by atoms with Crippen LogP contribution in [0.1, 0.15) is 34.1 Å². The highest BCUT2D eigenvalue weighted by Crippen LogP contribution is 2.36. The van der Waals surface area contributed by atoms with Crippen molar-refractivity contribution in [2.45, 2.75) is 18.9 Å². The molecule has 0 spiro atoms. The number of carboxylic acids is 1. The summed E-state index contributed by atoms with van der Waals surface area (Å²) in [7, 11) is 0. The van der Waals surface area contributed by atoms with Crippen molar-refractivity contribution in [3.05, 3.63) is 52.3 Å². The molecule has 5 nitrogen and oxygen atoms in total. The normalized spacial score (nSPS) is 16.8. The van der Waals surface area contributed by atoms with Crippen LogP contribution in [0.2, 0.25) is 5.02 Å². The maximum absolute atomic E-state index is 10.9. The van der Waals surface area contributed by atoms with Crippen molar-refractivity contribution in [1.29, 1.82) is 0 Å². The lowest BCUT2D eigenvalue weighted by molar-refractivity contribution is 0.0690. The molecule has 0 unspecified atom stereocenters. The molecule has 1 atom stereocenters. The maximum Gasteiger partial charge on any atom is 0.354 e. The summed E-state index contributed by atoms with van der Waals surface area (Å²) in [5, 5.41) is 12.9. The Balaban J connectivity index is 1.86. The van der Waals surface area contributed by atoms with E-state index in [9.17, 15) is 4.79 Å². The maximum atomic E-state index is 10.9. The van der Waals surface area contributed by atoms with Gasteiger partial charge in [-0.3, -0.25) is 0 Å². The number of anilines is 1. The van der Waals surface area contributed by atoms with Crippen LogP contribution in [0.4, 0.5) is 5.95 Å². The molecule has 1 aliphatic rings. The van der Waals surface area contributed by atoms with Crippen molar-refractivity contribution in [3.63, 3.8) is 0 Å². The molecule has 0 bridgehead atoms. The van der Waals surface area contributed by atoms with E-state index in [1.165, 1.54) is 12.3 Å². The van der Waals surface area contributed by atoms with Crippen LogP contribution in [0.15, 0.2) is 30.5 Å². The fourth-order valence-corrected chi connectivity index (χ4v) is 2.74. The van der Waals surface area contributed by atoms with Crippen LogP contribution in [0.5, 0.6) is 0 Å². The van der Waals surface area contributed by atoms with Gasteiger partial charge in [-0.15, -0.1) is 0 Å². The van der Waals surface area contributed by atoms with E-state index in [0.29, 0.717) is 5.95 Å². The number of carbonyl (C=O) groups is 1. The minimum absolute atomic E-state index is 0.0215. The summed E-state index contributed by atoms with van der Waals surface area (Å²) < 4.78 is 0. The quantitative estimate of drug-likeness (QED) is 0.908. The Hall–Kier alpha value is -2.14. The molecule has 6 heteroatoms. The second-order valence-corrected chi connectivity index (χ2v) is 5.02. The third-order valence-electron chi connectivity index (χ3n) is 3.39. The highest BCUT2D eigenvalue weighted by Gasteiger charge is 2.24. The Morgan fingerprint density at radius 3 is 3.05 bits per heavy atom. The molecule has 0 saturated carbocycles. The molecule has 1 aromatic heterocycles. The third-order valence-corrected chi connectivity index (χ3v) is 3.75. The van der Waals surface area contributed by atoms with Crippen molar-refractivity contribution in [3.8, 4) is 0 Å². The fraction of sp³-hybridized carbons (Fsp3) is 0.214. The van der Waals surface area contributed by atoms with Gasteiger partial charge in [-0.2, -0.15) is 0 Å². The van der Waals surface area contributed by atoms with Crippen LogP contribution in [0.3, 0.4) is 0 Å². The molecular weight excluding hydrogens is 278 g/mol. The Morgan fingerprint density at radius 2 is 2.25 bits per heavy atom. The smallest absolute Gasteiger partial charge is 0.354 e. The molecule has 1 aromatic carbocycles. The van der Waals surface area contributed by atoms with Gasteiger partial charge >= 0.3 is 5.97 Å². The SMILES string of the molecule is O=C(O)c1ccnc(N[C@H]2CCc3c(Cl)cccc32)n1. The molecule has 0 amide bonds. The molecule has 1 aliphatic carbocycles. The summed E-state index contributed by atoms with van der Waals surface area (Å²) in [6.45, 7) is 0. The Morgan fingerprint density at radius 1 is 1.40 bits per heavy atom. The zero-order valence-corrected chi connectivity index (χ0v) is 11.3. The summed E-state index contributed by atoms with van der Waals surface area (Å²) in [6.07, 6.45) is 3.22. The first-order chi connectivity index (χ1) is 9.65. The third kappa shape index (κ3) is 2.32. The van der Waals surface area contributed by atoms with Crippen molar-refractivity contribution < 1.29 is 9.90 Å². The molecular formula is C14H12ClN3O2. The van der Waals surface area contributed by atoms with Gasteiger partial charge in [0.1, 0.15) is 0 Å². The number of aromatic carboxylic acids is 1. The van der Waals surface area contributed by atoms with E-state index in [2.05, 4.69) is 15.3 Å². The van der Waals surface area contributed by atoms with Gasteiger partial charge in [-0.1, -0.05) is 23.7 Å². The van der Waals surface area contributed by atoms with Gasteiger partial charge in [-0.25, -0.2) is 14.8 Å². The average molecular weight is 290 g/mol. The Kier molecular flexibility index (Phi) is 3.28. The molecule has 0 radical (unpaired) electrons. The first kappa shape index (κ1) is 12.9. The second kappa shape index (κ2) is 5.09. The van der Waals surface area contributed by atoms with E-state index in [-0.39, 0.29) is 11.7 Å². The van der Waals surface area contributed by atoms with Crippen molar-refractivity contribution in [1.82, 2.24) is 9.97 Å². The van der Waals surface area contributed by atoms with Gasteiger partial charge in [0.25, 0.3) is 0 Å². The average Bonchev–Trinajstić information content (AvgIpc) is 2.84. The second-order valence-electron chi connectivity index (χ2n) is 4.61. The number of rotatable bonds is 3. The van der Waals surface area contributed by atoms with Crippen molar-refractivity contribution in [2.24, 2.45) is 0 Å². The highest BCUT2D eigenvalue weighted by atomic mass is 35.5. The van der Waals surface area contributed by atoms with Crippen molar-refractivity contribution >= 4 is 23.5 Å². The van der Waals surface area contributed by atoms with Crippen LogP contribution >= 0.6 is 11.6 Å². The number of fused-ring (bicyclic) bond motifs is 1. The molecule has 102 valence electrons. The summed E-state index contributed by atoms with van der Waals surface area (Å²) in [5.74, 6) is -0.743. The molecule has 0 aliphatic heterocycles. The number of nitrogens with one attached hydrogen (secondary N) is 1. The number of benzene rings is 1. The van der Waals surface area contributed by atoms with E-state index in [4.69, 9.17) is 16.7 Å². The molecule has 3 rings (SSSR count). The number of carboxylic acid groups (broad SMARTS) is 1.